The second-order valence-corrected chi connectivity index (χ2v) is 4.47. The number of anilines is 1. The maximum Gasteiger partial charge on any atom is 0.376 e. The highest BCUT2D eigenvalue weighted by molar-refractivity contribution is 5.85. The van der Waals surface area contributed by atoms with Gasteiger partial charge in [0, 0.05) is 17.8 Å². The van der Waals surface area contributed by atoms with Crippen LogP contribution < -0.4 is 5.32 Å². The number of hydrogen-bond donors (Lipinski definition) is 1. The highest BCUT2D eigenvalue weighted by atomic mass is 16.5. The van der Waals surface area contributed by atoms with Crippen molar-refractivity contribution in [2.24, 2.45) is 0 Å². The standard InChI is InChI=1S/C13H21N3O2/c1-6-7-14-11-10(8(2)3)9(4)15-12(16-11)13(17)18-5/h8H,6-7H2,1-5H3,(H,14,15,16). The summed E-state index contributed by atoms with van der Waals surface area (Å²) >= 11 is 0. The summed E-state index contributed by atoms with van der Waals surface area (Å²) in [5, 5.41) is 3.25. The van der Waals surface area contributed by atoms with Crippen molar-refractivity contribution in [1.82, 2.24) is 9.97 Å². The third kappa shape index (κ3) is 3.18. The van der Waals surface area contributed by atoms with Crippen LogP contribution in [0.4, 0.5) is 5.82 Å². The molecule has 18 heavy (non-hydrogen) atoms. The lowest BCUT2D eigenvalue weighted by Gasteiger charge is -2.16. The first-order chi connectivity index (χ1) is 8.51. The van der Waals surface area contributed by atoms with Crippen LogP contribution in [0.2, 0.25) is 0 Å². The Morgan fingerprint density at radius 3 is 2.56 bits per heavy atom. The fraction of sp³-hybridized carbons (Fsp3) is 0.615. The monoisotopic (exact) mass is 251 g/mol. The quantitative estimate of drug-likeness (QED) is 0.815. The van der Waals surface area contributed by atoms with Crippen molar-refractivity contribution in [3.63, 3.8) is 0 Å². The summed E-state index contributed by atoms with van der Waals surface area (Å²) in [6.45, 7) is 8.95. The van der Waals surface area contributed by atoms with Crippen LogP contribution in [0.3, 0.4) is 0 Å². The Kier molecular flexibility index (Phi) is 5.07. The van der Waals surface area contributed by atoms with E-state index in [1.165, 1.54) is 7.11 Å². The number of aryl methyl sites for hydroxylation is 1. The van der Waals surface area contributed by atoms with Crippen molar-refractivity contribution in [3.8, 4) is 0 Å². The molecule has 1 N–H and O–H groups in total. The zero-order chi connectivity index (χ0) is 13.7. The number of rotatable bonds is 5. The van der Waals surface area contributed by atoms with E-state index in [1.54, 1.807) is 0 Å². The molecule has 1 aromatic rings. The summed E-state index contributed by atoms with van der Waals surface area (Å²) in [5.41, 5.74) is 1.87. The van der Waals surface area contributed by atoms with Gasteiger partial charge in [-0.05, 0) is 19.3 Å². The van der Waals surface area contributed by atoms with Crippen LogP contribution in [0, 0.1) is 6.92 Å². The molecule has 0 radical (unpaired) electrons. The number of nitrogens with one attached hydrogen (secondary N) is 1. The van der Waals surface area contributed by atoms with E-state index in [1.807, 2.05) is 6.92 Å². The molecule has 0 bridgehead atoms. The average Bonchev–Trinajstić information content (AvgIpc) is 2.33. The van der Waals surface area contributed by atoms with Gasteiger partial charge in [0.05, 0.1) is 7.11 Å². The van der Waals surface area contributed by atoms with Gasteiger partial charge in [-0.25, -0.2) is 14.8 Å². The molecule has 5 heteroatoms. The third-order valence-electron chi connectivity index (χ3n) is 2.62. The van der Waals surface area contributed by atoms with Gasteiger partial charge in [0.15, 0.2) is 0 Å². The minimum atomic E-state index is -0.507. The van der Waals surface area contributed by atoms with E-state index >= 15 is 0 Å². The number of methoxy groups -OCH3 is 1. The lowest BCUT2D eigenvalue weighted by molar-refractivity contribution is 0.0586. The van der Waals surface area contributed by atoms with Crippen LogP contribution in [0.1, 0.15) is 55.0 Å². The average molecular weight is 251 g/mol. The molecule has 0 aliphatic heterocycles. The summed E-state index contributed by atoms with van der Waals surface area (Å²) in [6, 6.07) is 0. The van der Waals surface area contributed by atoms with Crippen LogP contribution in [-0.2, 0) is 4.74 Å². The lowest BCUT2D eigenvalue weighted by Crippen LogP contribution is -2.15. The molecular weight excluding hydrogens is 230 g/mol. The van der Waals surface area contributed by atoms with Crippen LogP contribution in [0.5, 0.6) is 0 Å². The number of carbonyl (C=O) groups is 1. The maximum absolute atomic E-state index is 11.5. The van der Waals surface area contributed by atoms with Crippen LogP contribution in [0.25, 0.3) is 0 Å². The largest absolute Gasteiger partial charge is 0.463 e. The predicted octanol–water partition coefficient (Wildman–Crippen LogP) is 2.52. The zero-order valence-electron chi connectivity index (χ0n) is 11.7. The molecule has 0 atom stereocenters. The second kappa shape index (κ2) is 6.33. The van der Waals surface area contributed by atoms with Crippen molar-refractivity contribution in [2.45, 2.75) is 40.0 Å². The Morgan fingerprint density at radius 1 is 1.39 bits per heavy atom. The first kappa shape index (κ1) is 14.4. The molecule has 0 saturated heterocycles. The second-order valence-electron chi connectivity index (χ2n) is 4.47. The first-order valence-electron chi connectivity index (χ1n) is 6.21. The van der Waals surface area contributed by atoms with E-state index in [0.29, 0.717) is 5.92 Å². The van der Waals surface area contributed by atoms with Gasteiger partial charge in [0.1, 0.15) is 5.82 Å². The smallest absolute Gasteiger partial charge is 0.376 e. The van der Waals surface area contributed by atoms with Gasteiger partial charge in [0.25, 0.3) is 0 Å². The summed E-state index contributed by atoms with van der Waals surface area (Å²) in [5.74, 6) is 0.641. The van der Waals surface area contributed by atoms with Gasteiger partial charge in [-0.15, -0.1) is 0 Å². The van der Waals surface area contributed by atoms with E-state index in [4.69, 9.17) is 0 Å². The minimum absolute atomic E-state index is 0.109. The number of hydrogen-bond acceptors (Lipinski definition) is 5. The van der Waals surface area contributed by atoms with Gasteiger partial charge in [-0.2, -0.15) is 0 Å². The number of carbonyl (C=O) groups excluding carboxylic acids is 1. The topological polar surface area (TPSA) is 64.1 Å². The number of esters is 1. The van der Waals surface area contributed by atoms with Gasteiger partial charge in [-0.3, -0.25) is 0 Å². The zero-order valence-corrected chi connectivity index (χ0v) is 11.7. The molecule has 0 aliphatic carbocycles. The third-order valence-corrected chi connectivity index (χ3v) is 2.62. The van der Waals surface area contributed by atoms with E-state index in [2.05, 4.69) is 40.8 Å². The van der Waals surface area contributed by atoms with Gasteiger partial charge in [-0.1, -0.05) is 20.8 Å². The Morgan fingerprint density at radius 2 is 2.06 bits per heavy atom. The number of aromatic nitrogens is 2. The Bertz CT molecular complexity index is 430. The SMILES string of the molecule is CCCNc1nc(C(=O)OC)nc(C)c1C(C)C. The normalized spacial score (nSPS) is 10.6. The molecule has 0 fully saturated rings. The van der Waals surface area contributed by atoms with E-state index < -0.39 is 5.97 Å². The maximum atomic E-state index is 11.5. The predicted molar refractivity (Wildman–Crippen MR) is 71.0 cm³/mol. The molecule has 100 valence electrons. The Hall–Kier alpha value is -1.65. The van der Waals surface area contributed by atoms with Crippen molar-refractivity contribution < 1.29 is 9.53 Å². The summed E-state index contributed by atoms with van der Waals surface area (Å²) < 4.78 is 4.66. The van der Waals surface area contributed by atoms with Crippen molar-refractivity contribution in [3.05, 3.63) is 17.1 Å². The van der Waals surface area contributed by atoms with Crippen LogP contribution in [-0.4, -0.2) is 29.6 Å². The summed E-state index contributed by atoms with van der Waals surface area (Å²) in [7, 11) is 1.33. The molecular formula is C13H21N3O2. The molecule has 1 rings (SSSR count). The fourth-order valence-corrected chi connectivity index (χ4v) is 1.83. The van der Waals surface area contributed by atoms with Crippen LogP contribution >= 0.6 is 0 Å². The van der Waals surface area contributed by atoms with Gasteiger partial charge < -0.3 is 10.1 Å². The van der Waals surface area contributed by atoms with Crippen LogP contribution in [0.15, 0.2) is 0 Å². The van der Waals surface area contributed by atoms with Gasteiger partial charge in [0.2, 0.25) is 5.82 Å². The summed E-state index contributed by atoms with van der Waals surface area (Å²) in [4.78, 5) is 20.0. The van der Waals surface area contributed by atoms with E-state index in [9.17, 15) is 4.79 Å². The number of nitrogens with zero attached hydrogens (tertiary/aromatic N) is 2. The van der Waals surface area contributed by atoms with E-state index in [0.717, 1.165) is 30.0 Å². The van der Waals surface area contributed by atoms with Gasteiger partial charge >= 0.3 is 5.97 Å². The van der Waals surface area contributed by atoms with E-state index in [-0.39, 0.29) is 5.82 Å². The molecule has 0 amide bonds. The van der Waals surface area contributed by atoms with Crippen molar-refractivity contribution in [1.29, 1.82) is 0 Å². The molecule has 1 aromatic heterocycles. The Balaban J connectivity index is 3.23. The Labute approximate surface area is 108 Å². The molecule has 5 nitrogen and oxygen atoms in total. The number of ether oxygens (including phenoxy) is 1. The molecule has 0 aromatic carbocycles. The van der Waals surface area contributed by atoms with Crippen molar-refractivity contribution >= 4 is 11.8 Å². The molecule has 0 spiro atoms. The van der Waals surface area contributed by atoms with Crippen molar-refractivity contribution in [2.75, 3.05) is 19.0 Å². The lowest BCUT2D eigenvalue weighted by atomic mass is 10.0. The first-order valence-corrected chi connectivity index (χ1v) is 6.21. The molecule has 0 aliphatic rings. The highest BCUT2D eigenvalue weighted by Crippen LogP contribution is 2.25. The molecule has 0 unspecified atom stereocenters. The fourth-order valence-electron chi connectivity index (χ4n) is 1.83. The highest BCUT2D eigenvalue weighted by Gasteiger charge is 2.18. The summed E-state index contributed by atoms with van der Waals surface area (Å²) in [6.07, 6.45) is 0.994. The molecule has 1 heterocycles. The minimum Gasteiger partial charge on any atom is -0.463 e. The molecule has 0 saturated carbocycles.